The molecule has 1 N–H and O–H groups in total. The van der Waals surface area contributed by atoms with Gasteiger partial charge in [0.25, 0.3) is 0 Å². The Morgan fingerprint density at radius 2 is 1.85 bits per heavy atom. The molecule has 0 saturated heterocycles. The number of nitrogens with zero attached hydrogens (tertiary/aromatic N) is 1. The van der Waals surface area contributed by atoms with Crippen LogP contribution < -0.4 is 0 Å². The standard InChI is InChI=1S/C20H15F3N2OS/c1-12-18(11-27-16-6-7-17-14(10-16)8-9-24-17)25-26-19(12)13-2-4-15(5-3-13)20(21,22)23/h2-10,24H,11H2,1H3. The van der Waals surface area contributed by atoms with Crippen LogP contribution in [0, 0.1) is 6.92 Å². The SMILES string of the molecule is Cc1c(CSc2ccc3[nH]ccc3c2)noc1-c1ccc(C(F)(F)F)cc1. The van der Waals surface area contributed by atoms with Crippen molar-refractivity contribution in [2.24, 2.45) is 0 Å². The van der Waals surface area contributed by atoms with E-state index < -0.39 is 11.7 Å². The summed E-state index contributed by atoms with van der Waals surface area (Å²) in [6.07, 6.45) is -2.45. The minimum atomic E-state index is -4.35. The number of alkyl halides is 3. The number of H-pyrrole nitrogens is 1. The molecule has 0 aliphatic heterocycles. The fourth-order valence-corrected chi connectivity index (χ4v) is 3.80. The molecular formula is C20H15F3N2OS. The first-order chi connectivity index (χ1) is 12.9. The van der Waals surface area contributed by atoms with Crippen LogP contribution in [0.1, 0.15) is 16.8 Å². The van der Waals surface area contributed by atoms with E-state index in [0.29, 0.717) is 17.1 Å². The third kappa shape index (κ3) is 3.60. The van der Waals surface area contributed by atoms with E-state index >= 15 is 0 Å². The van der Waals surface area contributed by atoms with Crippen LogP contribution in [0.3, 0.4) is 0 Å². The van der Waals surface area contributed by atoms with E-state index in [9.17, 15) is 13.2 Å². The Balaban J connectivity index is 1.51. The van der Waals surface area contributed by atoms with Crippen LogP contribution in [0.15, 0.2) is 64.1 Å². The number of hydrogen-bond acceptors (Lipinski definition) is 3. The fraction of sp³-hybridized carbons (Fsp3) is 0.150. The molecule has 0 amide bonds. The van der Waals surface area contributed by atoms with Gasteiger partial charge in [0.05, 0.1) is 11.3 Å². The second-order valence-electron chi connectivity index (χ2n) is 6.17. The highest BCUT2D eigenvalue weighted by Crippen LogP contribution is 2.34. The first-order valence-electron chi connectivity index (χ1n) is 8.24. The summed E-state index contributed by atoms with van der Waals surface area (Å²) in [5, 5.41) is 5.25. The molecule has 0 aliphatic carbocycles. The van der Waals surface area contributed by atoms with Crippen molar-refractivity contribution < 1.29 is 17.7 Å². The molecule has 0 bridgehead atoms. The third-order valence-electron chi connectivity index (χ3n) is 4.40. The van der Waals surface area contributed by atoms with Crippen molar-refractivity contribution in [2.45, 2.75) is 23.7 Å². The first-order valence-corrected chi connectivity index (χ1v) is 9.23. The molecule has 7 heteroatoms. The molecule has 2 aromatic heterocycles. The molecule has 0 aliphatic rings. The third-order valence-corrected chi connectivity index (χ3v) is 5.40. The zero-order valence-electron chi connectivity index (χ0n) is 14.3. The van der Waals surface area contributed by atoms with E-state index in [4.69, 9.17) is 4.52 Å². The van der Waals surface area contributed by atoms with Crippen LogP contribution >= 0.6 is 11.8 Å². The molecule has 0 fully saturated rings. The second-order valence-corrected chi connectivity index (χ2v) is 7.22. The van der Waals surface area contributed by atoms with Crippen molar-refractivity contribution in [3.8, 4) is 11.3 Å². The molecule has 4 rings (SSSR count). The molecule has 0 unspecified atom stereocenters. The number of aromatic amines is 1. The van der Waals surface area contributed by atoms with Crippen LogP contribution in [0.5, 0.6) is 0 Å². The number of rotatable bonds is 4. The van der Waals surface area contributed by atoms with Gasteiger partial charge in [-0.2, -0.15) is 13.2 Å². The molecular weight excluding hydrogens is 373 g/mol. The molecule has 0 spiro atoms. The highest BCUT2D eigenvalue weighted by Gasteiger charge is 2.30. The van der Waals surface area contributed by atoms with Gasteiger partial charge in [-0.05, 0) is 43.3 Å². The van der Waals surface area contributed by atoms with E-state index in [1.165, 1.54) is 12.1 Å². The van der Waals surface area contributed by atoms with Gasteiger partial charge in [0, 0.05) is 38.9 Å². The van der Waals surface area contributed by atoms with Crippen LogP contribution in [0.4, 0.5) is 13.2 Å². The molecule has 2 heterocycles. The zero-order valence-corrected chi connectivity index (χ0v) is 15.1. The van der Waals surface area contributed by atoms with Crippen LogP contribution in [0.25, 0.3) is 22.2 Å². The number of thioether (sulfide) groups is 1. The highest BCUT2D eigenvalue weighted by atomic mass is 32.2. The van der Waals surface area contributed by atoms with E-state index in [-0.39, 0.29) is 0 Å². The fourth-order valence-electron chi connectivity index (χ4n) is 2.86. The lowest BCUT2D eigenvalue weighted by molar-refractivity contribution is -0.137. The van der Waals surface area contributed by atoms with E-state index in [1.807, 2.05) is 31.3 Å². The lowest BCUT2D eigenvalue weighted by Gasteiger charge is -2.06. The van der Waals surface area contributed by atoms with Crippen LogP contribution in [0.2, 0.25) is 0 Å². The van der Waals surface area contributed by atoms with Gasteiger partial charge in [0.2, 0.25) is 0 Å². The Morgan fingerprint density at radius 1 is 1.07 bits per heavy atom. The van der Waals surface area contributed by atoms with E-state index in [0.717, 1.165) is 39.2 Å². The normalized spacial score (nSPS) is 12.0. The minimum Gasteiger partial charge on any atom is -0.361 e. The van der Waals surface area contributed by atoms with E-state index in [1.54, 1.807) is 11.8 Å². The summed E-state index contributed by atoms with van der Waals surface area (Å²) >= 11 is 1.64. The Kier molecular flexibility index (Phi) is 4.47. The predicted octanol–water partition coefficient (Wildman–Crippen LogP) is 6.44. The summed E-state index contributed by atoms with van der Waals surface area (Å²) in [6, 6.07) is 13.1. The predicted molar refractivity (Wildman–Crippen MR) is 99.5 cm³/mol. The number of nitrogens with one attached hydrogen (secondary N) is 1. The van der Waals surface area contributed by atoms with Gasteiger partial charge < -0.3 is 9.51 Å². The molecule has 0 saturated carbocycles. The van der Waals surface area contributed by atoms with Gasteiger partial charge >= 0.3 is 6.18 Å². The maximum Gasteiger partial charge on any atom is 0.416 e. The molecule has 3 nitrogen and oxygen atoms in total. The van der Waals surface area contributed by atoms with Crippen molar-refractivity contribution in [3.63, 3.8) is 0 Å². The number of fused-ring (bicyclic) bond motifs is 1. The van der Waals surface area contributed by atoms with Gasteiger partial charge in [-0.15, -0.1) is 11.8 Å². The zero-order chi connectivity index (χ0) is 19.0. The number of halogens is 3. The van der Waals surface area contributed by atoms with Crippen molar-refractivity contribution >= 4 is 22.7 Å². The van der Waals surface area contributed by atoms with Gasteiger partial charge in [0.15, 0.2) is 5.76 Å². The largest absolute Gasteiger partial charge is 0.416 e. The lowest BCUT2D eigenvalue weighted by atomic mass is 10.1. The van der Waals surface area contributed by atoms with Crippen molar-refractivity contribution in [1.82, 2.24) is 10.1 Å². The van der Waals surface area contributed by atoms with Gasteiger partial charge in [-0.25, -0.2) is 0 Å². The van der Waals surface area contributed by atoms with Crippen LogP contribution in [-0.2, 0) is 11.9 Å². The smallest absolute Gasteiger partial charge is 0.361 e. The summed E-state index contributed by atoms with van der Waals surface area (Å²) in [7, 11) is 0. The monoisotopic (exact) mass is 388 g/mol. The Bertz CT molecular complexity index is 1080. The summed E-state index contributed by atoms with van der Waals surface area (Å²) in [5.74, 6) is 1.12. The summed E-state index contributed by atoms with van der Waals surface area (Å²) in [6.45, 7) is 1.87. The topological polar surface area (TPSA) is 41.8 Å². The molecule has 27 heavy (non-hydrogen) atoms. The maximum absolute atomic E-state index is 12.7. The Labute approximate surface area is 157 Å². The Morgan fingerprint density at radius 3 is 2.59 bits per heavy atom. The maximum atomic E-state index is 12.7. The summed E-state index contributed by atoms with van der Waals surface area (Å²) in [5.41, 5.74) is 2.60. The van der Waals surface area contributed by atoms with Gasteiger partial charge in [-0.1, -0.05) is 17.3 Å². The second kappa shape index (κ2) is 6.81. The molecule has 138 valence electrons. The van der Waals surface area contributed by atoms with Gasteiger partial charge in [-0.3, -0.25) is 0 Å². The van der Waals surface area contributed by atoms with Crippen molar-refractivity contribution in [1.29, 1.82) is 0 Å². The Hall–Kier alpha value is -2.67. The summed E-state index contributed by atoms with van der Waals surface area (Å²) < 4.78 is 43.5. The number of aromatic nitrogens is 2. The van der Waals surface area contributed by atoms with Crippen LogP contribution in [-0.4, -0.2) is 10.1 Å². The summed E-state index contributed by atoms with van der Waals surface area (Å²) in [4.78, 5) is 4.27. The van der Waals surface area contributed by atoms with Gasteiger partial charge in [0.1, 0.15) is 0 Å². The molecule has 0 atom stereocenters. The number of hydrogen-bond donors (Lipinski definition) is 1. The van der Waals surface area contributed by atoms with Crippen molar-refractivity contribution in [3.05, 3.63) is 71.5 Å². The van der Waals surface area contributed by atoms with Crippen molar-refractivity contribution in [2.75, 3.05) is 0 Å². The number of benzene rings is 2. The molecule has 0 radical (unpaired) electrons. The molecule has 2 aromatic carbocycles. The lowest BCUT2D eigenvalue weighted by Crippen LogP contribution is -2.03. The minimum absolute atomic E-state index is 0.500. The quantitative estimate of drug-likeness (QED) is 0.409. The van der Waals surface area contributed by atoms with E-state index in [2.05, 4.69) is 16.2 Å². The molecule has 4 aromatic rings. The first kappa shape index (κ1) is 17.7. The highest BCUT2D eigenvalue weighted by molar-refractivity contribution is 7.98. The average molecular weight is 388 g/mol. The average Bonchev–Trinajstić information content (AvgIpc) is 3.25.